The van der Waals surface area contributed by atoms with Crippen LogP contribution in [0.5, 0.6) is 0 Å². The topological polar surface area (TPSA) is 124 Å². The van der Waals surface area contributed by atoms with E-state index < -0.39 is 42.4 Å². The molecule has 0 aliphatic carbocycles. The highest BCUT2D eigenvalue weighted by Crippen LogP contribution is 2.37. The Morgan fingerprint density at radius 3 is 1.74 bits per heavy atom. The molecule has 0 N–H and O–H groups in total. The van der Waals surface area contributed by atoms with Gasteiger partial charge in [-0.2, -0.15) is 0 Å². The van der Waals surface area contributed by atoms with Crippen LogP contribution in [0, 0.1) is 25.4 Å². The van der Waals surface area contributed by atoms with E-state index in [1.54, 1.807) is 95.3 Å². The summed E-state index contributed by atoms with van der Waals surface area (Å²) in [6.07, 6.45) is -1.51. The van der Waals surface area contributed by atoms with E-state index in [1.165, 1.54) is 6.33 Å². The summed E-state index contributed by atoms with van der Waals surface area (Å²) in [5.74, 6) is -1.92. The van der Waals surface area contributed by atoms with Crippen LogP contribution in [0.1, 0.15) is 54.0 Å². The number of carbonyl (C=O) groups is 3. The zero-order chi connectivity index (χ0) is 33.2. The van der Waals surface area contributed by atoms with Gasteiger partial charge in [0.15, 0.2) is 24.1 Å². The van der Waals surface area contributed by atoms with Gasteiger partial charge in [0.2, 0.25) is 0 Å². The third-order valence-corrected chi connectivity index (χ3v) is 8.41. The summed E-state index contributed by atoms with van der Waals surface area (Å²) in [7, 11) is 1.75. The fourth-order valence-electron chi connectivity index (χ4n) is 5.21. The number of hydrogen-bond acceptors (Lipinski definition) is 10. The number of fused-ring (bicyclic) bond motifs is 1. The Labute approximate surface area is 275 Å². The summed E-state index contributed by atoms with van der Waals surface area (Å²) in [4.78, 5) is 49.0. The van der Waals surface area contributed by atoms with Crippen molar-refractivity contribution < 1.29 is 33.3 Å². The van der Waals surface area contributed by atoms with Gasteiger partial charge in [-0.1, -0.05) is 65.3 Å². The van der Waals surface area contributed by atoms with E-state index in [0.29, 0.717) is 26.9 Å². The van der Waals surface area contributed by atoms with Gasteiger partial charge in [-0.05, 0) is 57.2 Å². The first-order valence-electron chi connectivity index (χ1n) is 14.9. The third kappa shape index (κ3) is 6.69. The molecule has 47 heavy (non-hydrogen) atoms. The van der Waals surface area contributed by atoms with Crippen LogP contribution >= 0.6 is 12.2 Å². The minimum Gasteiger partial charge on any atom is -0.459 e. The molecule has 0 radical (unpaired) electrons. The Kier molecular flexibility index (Phi) is 8.97. The molecular formula is C35H32N4O7S. The van der Waals surface area contributed by atoms with Crippen molar-refractivity contribution in [2.75, 3.05) is 6.61 Å². The number of aryl methyl sites for hydroxylation is 4. The highest BCUT2D eigenvalue weighted by molar-refractivity contribution is 7.71. The first kappa shape index (κ1) is 31.8. The monoisotopic (exact) mass is 652 g/mol. The van der Waals surface area contributed by atoms with Gasteiger partial charge >= 0.3 is 17.9 Å². The molecule has 0 saturated carbocycles. The summed E-state index contributed by atoms with van der Waals surface area (Å²) in [5, 5.41) is 0. The Bertz CT molecular complexity index is 2000. The lowest BCUT2D eigenvalue weighted by atomic mass is 10.1. The maximum atomic E-state index is 13.5. The smallest absolute Gasteiger partial charge is 0.338 e. The predicted octanol–water partition coefficient (Wildman–Crippen LogP) is 5.63. The summed E-state index contributed by atoms with van der Waals surface area (Å²) >= 11 is 5.54. The molecule has 2 aromatic heterocycles. The summed E-state index contributed by atoms with van der Waals surface area (Å²) < 4.78 is 27.9. The number of carbonyl (C=O) groups excluding carboxylic acids is 3. The maximum Gasteiger partial charge on any atom is 0.338 e. The average Bonchev–Trinajstić information content (AvgIpc) is 3.64. The van der Waals surface area contributed by atoms with Crippen molar-refractivity contribution in [3.8, 4) is 0 Å². The van der Waals surface area contributed by atoms with Gasteiger partial charge in [0.05, 0.1) is 29.3 Å². The number of nitrogens with zero attached hydrogens (tertiary/aromatic N) is 4. The minimum absolute atomic E-state index is 0.288. The van der Waals surface area contributed by atoms with Gasteiger partial charge in [0.1, 0.15) is 22.9 Å². The van der Waals surface area contributed by atoms with E-state index in [9.17, 15) is 14.4 Å². The molecular weight excluding hydrogens is 620 g/mol. The SMILES string of the molecule is Cc1ccc(C(=O)OC[C@H]2OC(n3cnc4c(=S)n(C)cnc43)[C@H](OC(=O)c3ccc(C)cc3)[C@@H]2OC(=O)c2ccc(C)cc2)cc1. The van der Waals surface area contributed by atoms with E-state index in [-0.39, 0.29) is 12.2 Å². The second kappa shape index (κ2) is 13.3. The van der Waals surface area contributed by atoms with Crippen LogP contribution in [0.4, 0.5) is 0 Å². The molecule has 0 bridgehead atoms. The van der Waals surface area contributed by atoms with E-state index in [0.717, 1.165) is 16.7 Å². The molecule has 3 heterocycles. The van der Waals surface area contributed by atoms with Gasteiger partial charge in [-0.25, -0.2) is 24.4 Å². The number of imidazole rings is 1. The van der Waals surface area contributed by atoms with E-state index in [1.807, 2.05) is 20.8 Å². The fraction of sp³-hybridized carbons (Fsp3) is 0.257. The van der Waals surface area contributed by atoms with Crippen molar-refractivity contribution in [2.45, 2.75) is 45.3 Å². The normalized spacial score (nSPS) is 19.0. The van der Waals surface area contributed by atoms with E-state index in [2.05, 4.69) is 9.97 Å². The second-order valence-corrected chi connectivity index (χ2v) is 11.9. The number of aromatic nitrogens is 4. The van der Waals surface area contributed by atoms with Gasteiger partial charge in [0, 0.05) is 7.05 Å². The summed E-state index contributed by atoms with van der Waals surface area (Å²) in [6.45, 7) is 5.41. The van der Waals surface area contributed by atoms with E-state index in [4.69, 9.17) is 31.2 Å². The summed E-state index contributed by atoms with van der Waals surface area (Å²) in [6, 6.07) is 20.7. The lowest BCUT2D eigenvalue weighted by Crippen LogP contribution is -2.41. The molecule has 240 valence electrons. The van der Waals surface area contributed by atoms with Crippen LogP contribution in [0.25, 0.3) is 11.2 Å². The second-order valence-electron chi connectivity index (χ2n) is 11.5. The standard InChI is InChI=1S/C35H32N4O7S/c1-20-5-11-23(12-6-20)33(40)43-17-26-28(45-34(41)24-13-7-21(2)8-14-24)29(46-35(42)25-15-9-22(3)10-16-25)31(44-26)39-19-36-27-30(39)37-18-38(4)32(27)47/h5-16,18-19,26,28-29,31H,17H2,1-4H3/t26-,28-,29-,31?/m1/s1. The van der Waals surface area contributed by atoms with E-state index >= 15 is 0 Å². The highest BCUT2D eigenvalue weighted by atomic mass is 32.1. The molecule has 1 aliphatic heterocycles. The lowest BCUT2D eigenvalue weighted by Gasteiger charge is -2.25. The minimum atomic E-state index is -1.21. The van der Waals surface area contributed by atoms with Crippen molar-refractivity contribution >= 4 is 41.3 Å². The van der Waals surface area contributed by atoms with Crippen molar-refractivity contribution in [3.63, 3.8) is 0 Å². The molecule has 4 atom stereocenters. The Balaban J connectivity index is 1.38. The number of hydrogen-bond donors (Lipinski definition) is 0. The number of benzene rings is 3. The van der Waals surface area contributed by atoms with Crippen LogP contribution in [-0.2, 0) is 26.0 Å². The Morgan fingerprint density at radius 2 is 1.21 bits per heavy atom. The van der Waals surface area contributed by atoms with Gasteiger partial charge in [0.25, 0.3) is 0 Å². The lowest BCUT2D eigenvalue weighted by molar-refractivity contribution is -0.0606. The Morgan fingerprint density at radius 1 is 0.723 bits per heavy atom. The molecule has 0 spiro atoms. The van der Waals surface area contributed by atoms with Crippen molar-refractivity contribution in [3.05, 3.63) is 123 Å². The molecule has 1 saturated heterocycles. The predicted molar refractivity (Wildman–Crippen MR) is 173 cm³/mol. The first-order valence-corrected chi connectivity index (χ1v) is 15.3. The molecule has 6 rings (SSSR count). The quantitative estimate of drug-likeness (QED) is 0.118. The van der Waals surface area contributed by atoms with Crippen molar-refractivity contribution in [2.24, 2.45) is 7.05 Å². The number of esters is 3. The van der Waals surface area contributed by atoms with Crippen molar-refractivity contribution in [1.82, 2.24) is 19.1 Å². The van der Waals surface area contributed by atoms with Crippen LogP contribution in [0.3, 0.4) is 0 Å². The van der Waals surface area contributed by atoms with Gasteiger partial charge in [-0.3, -0.25) is 4.57 Å². The largest absolute Gasteiger partial charge is 0.459 e. The van der Waals surface area contributed by atoms with Gasteiger partial charge < -0.3 is 23.5 Å². The molecule has 3 aromatic carbocycles. The van der Waals surface area contributed by atoms with Crippen LogP contribution in [0.2, 0.25) is 0 Å². The maximum absolute atomic E-state index is 13.5. The molecule has 11 nitrogen and oxygen atoms in total. The average molecular weight is 653 g/mol. The van der Waals surface area contributed by atoms with Crippen molar-refractivity contribution in [1.29, 1.82) is 0 Å². The fourth-order valence-corrected chi connectivity index (χ4v) is 5.40. The van der Waals surface area contributed by atoms with Crippen LogP contribution in [0.15, 0.2) is 85.5 Å². The number of ether oxygens (including phenoxy) is 4. The van der Waals surface area contributed by atoms with Gasteiger partial charge in [-0.15, -0.1) is 0 Å². The highest BCUT2D eigenvalue weighted by Gasteiger charge is 2.52. The van der Waals surface area contributed by atoms with Crippen LogP contribution < -0.4 is 0 Å². The van der Waals surface area contributed by atoms with Crippen LogP contribution in [-0.4, -0.2) is 61.9 Å². The zero-order valence-electron chi connectivity index (χ0n) is 26.2. The first-order chi connectivity index (χ1) is 22.6. The molecule has 1 aliphatic rings. The third-order valence-electron chi connectivity index (χ3n) is 7.93. The number of rotatable bonds is 8. The molecule has 1 fully saturated rings. The molecule has 12 heteroatoms. The molecule has 0 amide bonds. The molecule has 1 unspecified atom stereocenters. The summed E-state index contributed by atoms with van der Waals surface area (Å²) in [5.41, 5.74) is 4.64. The Hall–Kier alpha value is -5.20. The molecule has 5 aromatic rings. The zero-order valence-corrected chi connectivity index (χ0v) is 27.0.